The van der Waals surface area contributed by atoms with Crippen LogP contribution in [0.4, 0.5) is 11.8 Å². The molecule has 4 N–H and O–H groups in total. The maximum atomic E-state index is 5.94. The molecule has 0 aliphatic carbocycles. The molecule has 0 fully saturated rings. The molecule has 0 saturated heterocycles. The van der Waals surface area contributed by atoms with E-state index in [1.165, 1.54) is 5.56 Å². The zero-order chi connectivity index (χ0) is 18.5. The lowest BCUT2D eigenvalue weighted by Crippen LogP contribution is -2.05. The highest BCUT2D eigenvalue weighted by Crippen LogP contribution is 2.28. The third-order valence-corrected chi connectivity index (χ3v) is 4.08. The van der Waals surface area contributed by atoms with E-state index in [4.69, 9.17) is 20.9 Å². The van der Waals surface area contributed by atoms with Crippen molar-refractivity contribution in [2.45, 2.75) is 20.0 Å². The fourth-order valence-electron chi connectivity index (χ4n) is 2.61. The highest BCUT2D eigenvalue weighted by Gasteiger charge is 2.10. The number of nitrogens with two attached hydrogens (primary N) is 2. The van der Waals surface area contributed by atoms with Gasteiger partial charge in [-0.3, -0.25) is 0 Å². The third-order valence-electron chi connectivity index (χ3n) is 4.08. The molecule has 0 amide bonds. The molecule has 0 atom stereocenters. The number of nitrogens with zero attached hydrogens (tertiary/aromatic N) is 2. The Morgan fingerprint density at radius 1 is 1.00 bits per heavy atom. The third kappa shape index (κ3) is 4.22. The molecule has 2 aromatic carbocycles. The number of nitrogen functional groups attached to an aromatic ring is 2. The standard InChI is InChI=1S/C20H22N4O2/c1-13-3-5-14(6-4-13)12-26-17-7-8-18(25-2)15(10-17)9-16-11-23-20(22)24-19(16)21/h3-8,10-11H,9,12H2,1-2H3,(H4,21,22,23,24). The van der Waals surface area contributed by atoms with Crippen LogP contribution in [0.1, 0.15) is 22.3 Å². The van der Waals surface area contributed by atoms with Gasteiger partial charge in [-0.15, -0.1) is 0 Å². The first kappa shape index (κ1) is 17.5. The molecule has 3 aromatic rings. The Morgan fingerprint density at radius 3 is 2.46 bits per heavy atom. The molecule has 0 bridgehead atoms. The summed E-state index contributed by atoms with van der Waals surface area (Å²) < 4.78 is 11.4. The zero-order valence-corrected chi connectivity index (χ0v) is 14.9. The van der Waals surface area contributed by atoms with Gasteiger partial charge in [0.1, 0.15) is 23.9 Å². The second-order valence-electron chi connectivity index (χ2n) is 6.06. The van der Waals surface area contributed by atoms with Gasteiger partial charge >= 0.3 is 0 Å². The summed E-state index contributed by atoms with van der Waals surface area (Å²) in [6.07, 6.45) is 2.16. The Morgan fingerprint density at radius 2 is 1.77 bits per heavy atom. The molecule has 1 heterocycles. The minimum absolute atomic E-state index is 0.161. The average molecular weight is 350 g/mol. The van der Waals surface area contributed by atoms with Crippen LogP contribution < -0.4 is 20.9 Å². The van der Waals surface area contributed by atoms with Crippen LogP contribution in [0.15, 0.2) is 48.7 Å². The summed E-state index contributed by atoms with van der Waals surface area (Å²) in [7, 11) is 1.63. The van der Waals surface area contributed by atoms with Gasteiger partial charge in [0.15, 0.2) is 0 Å². The largest absolute Gasteiger partial charge is 0.496 e. The van der Waals surface area contributed by atoms with E-state index < -0.39 is 0 Å². The number of methoxy groups -OCH3 is 1. The van der Waals surface area contributed by atoms with E-state index in [2.05, 4.69) is 41.2 Å². The first-order valence-corrected chi connectivity index (χ1v) is 8.27. The lowest BCUT2D eigenvalue weighted by molar-refractivity contribution is 0.305. The van der Waals surface area contributed by atoms with Gasteiger partial charge in [-0.05, 0) is 30.7 Å². The van der Waals surface area contributed by atoms with Crippen LogP contribution in [-0.4, -0.2) is 17.1 Å². The van der Waals surface area contributed by atoms with Gasteiger partial charge in [0, 0.05) is 23.7 Å². The molecule has 134 valence electrons. The second kappa shape index (κ2) is 7.74. The van der Waals surface area contributed by atoms with Crippen molar-refractivity contribution in [1.82, 2.24) is 9.97 Å². The van der Waals surface area contributed by atoms with E-state index in [9.17, 15) is 0 Å². The normalized spacial score (nSPS) is 10.5. The smallest absolute Gasteiger partial charge is 0.221 e. The Kier molecular flexibility index (Phi) is 5.22. The number of hydrogen-bond acceptors (Lipinski definition) is 6. The number of aryl methyl sites for hydroxylation is 1. The Hall–Kier alpha value is -3.28. The maximum Gasteiger partial charge on any atom is 0.221 e. The van der Waals surface area contributed by atoms with Gasteiger partial charge in [0.25, 0.3) is 0 Å². The fourth-order valence-corrected chi connectivity index (χ4v) is 2.61. The van der Waals surface area contributed by atoms with Crippen LogP contribution in [0.5, 0.6) is 11.5 Å². The number of benzene rings is 2. The van der Waals surface area contributed by atoms with Crippen molar-refractivity contribution in [1.29, 1.82) is 0 Å². The molecule has 26 heavy (non-hydrogen) atoms. The van der Waals surface area contributed by atoms with Crippen molar-refractivity contribution in [2.24, 2.45) is 0 Å². The van der Waals surface area contributed by atoms with Crippen molar-refractivity contribution < 1.29 is 9.47 Å². The quantitative estimate of drug-likeness (QED) is 0.709. The Labute approximate surface area is 152 Å². The maximum absolute atomic E-state index is 5.94. The SMILES string of the molecule is COc1ccc(OCc2ccc(C)cc2)cc1Cc1cnc(N)nc1N. The first-order valence-electron chi connectivity index (χ1n) is 8.27. The van der Waals surface area contributed by atoms with E-state index in [0.29, 0.717) is 18.8 Å². The lowest BCUT2D eigenvalue weighted by atomic mass is 10.1. The molecule has 0 aliphatic heterocycles. The van der Waals surface area contributed by atoms with Gasteiger partial charge in [-0.2, -0.15) is 4.98 Å². The number of hydrogen-bond donors (Lipinski definition) is 2. The van der Waals surface area contributed by atoms with E-state index in [-0.39, 0.29) is 5.95 Å². The van der Waals surface area contributed by atoms with Crippen LogP contribution in [-0.2, 0) is 13.0 Å². The van der Waals surface area contributed by atoms with E-state index in [1.54, 1.807) is 13.3 Å². The lowest BCUT2D eigenvalue weighted by Gasteiger charge is -2.13. The highest BCUT2D eigenvalue weighted by atomic mass is 16.5. The van der Waals surface area contributed by atoms with E-state index in [1.807, 2.05) is 18.2 Å². The number of aromatic nitrogens is 2. The molecular weight excluding hydrogens is 328 g/mol. The molecule has 1 aromatic heterocycles. The van der Waals surface area contributed by atoms with Gasteiger partial charge in [0.2, 0.25) is 5.95 Å². The summed E-state index contributed by atoms with van der Waals surface area (Å²) in [5.41, 5.74) is 15.6. The molecule has 6 nitrogen and oxygen atoms in total. The summed E-state index contributed by atoms with van der Waals surface area (Å²) in [5, 5.41) is 0. The number of rotatable bonds is 6. The van der Waals surface area contributed by atoms with Crippen molar-refractivity contribution in [2.75, 3.05) is 18.6 Å². The molecule has 6 heteroatoms. The van der Waals surface area contributed by atoms with Crippen molar-refractivity contribution >= 4 is 11.8 Å². The van der Waals surface area contributed by atoms with Crippen LogP contribution in [0.2, 0.25) is 0 Å². The number of ether oxygens (including phenoxy) is 2. The molecule has 3 rings (SSSR count). The fraction of sp³-hybridized carbons (Fsp3) is 0.200. The second-order valence-corrected chi connectivity index (χ2v) is 6.06. The molecule has 0 aliphatic rings. The van der Waals surface area contributed by atoms with E-state index in [0.717, 1.165) is 28.2 Å². The van der Waals surface area contributed by atoms with Crippen molar-refractivity contribution in [3.8, 4) is 11.5 Å². The Bertz CT molecular complexity index is 895. The van der Waals surface area contributed by atoms with Crippen LogP contribution in [0, 0.1) is 6.92 Å². The van der Waals surface area contributed by atoms with Crippen LogP contribution in [0.25, 0.3) is 0 Å². The van der Waals surface area contributed by atoms with E-state index >= 15 is 0 Å². The van der Waals surface area contributed by atoms with Crippen molar-refractivity contribution in [3.05, 3.63) is 70.9 Å². The minimum atomic E-state index is 0.161. The monoisotopic (exact) mass is 350 g/mol. The molecular formula is C20H22N4O2. The highest BCUT2D eigenvalue weighted by molar-refractivity contribution is 5.48. The molecule has 0 spiro atoms. The molecule has 0 radical (unpaired) electrons. The van der Waals surface area contributed by atoms with Crippen LogP contribution in [0.3, 0.4) is 0 Å². The first-order chi connectivity index (χ1) is 12.5. The van der Waals surface area contributed by atoms with Gasteiger partial charge < -0.3 is 20.9 Å². The summed E-state index contributed by atoms with van der Waals surface area (Å²) in [5.74, 6) is 2.04. The predicted molar refractivity (Wildman–Crippen MR) is 102 cm³/mol. The average Bonchev–Trinajstić information content (AvgIpc) is 2.64. The molecule has 0 unspecified atom stereocenters. The number of anilines is 2. The van der Waals surface area contributed by atoms with Gasteiger partial charge in [0.05, 0.1) is 7.11 Å². The van der Waals surface area contributed by atoms with Crippen molar-refractivity contribution in [3.63, 3.8) is 0 Å². The summed E-state index contributed by atoms with van der Waals surface area (Å²) >= 11 is 0. The predicted octanol–water partition coefficient (Wildman–Crippen LogP) is 3.13. The summed E-state index contributed by atoms with van der Waals surface area (Å²) in [6, 6.07) is 14.0. The Balaban J connectivity index is 1.78. The summed E-state index contributed by atoms with van der Waals surface area (Å²) in [6.45, 7) is 2.56. The van der Waals surface area contributed by atoms with Gasteiger partial charge in [-0.1, -0.05) is 29.8 Å². The summed E-state index contributed by atoms with van der Waals surface area (Å²) in [4.78, 5) is 8.01. The topological polar surface area (TPSA) is 96.3 Å². The molecule has 0 saturated carbocycles. The zero-order valence-electron chi connectivity index (χ0n) is 14.9. The van der Waals surface area contributed by atoms with Gasteiger partial charge in [-0.25, -0.2) is 4.98 Å². The van der Waals surface area contributed by atoms with Crippen LogP contribution >= 0.6 is 0 Å². The minimum Gasteiger partial charge on any atom is -0.496 e.